The van der Waals surface area contributed by atoms with Gasteiger partial charge in [-0.15, -0.1) is 0 Å². The number of para-hydroxylation sites is 1. The SMILES string of the molecule is CC1CN(C)c2ccccc2-c2ccccc21. The van der Waals surface area contributed by atoms with Crippen molar-refractivity contribution in [1.29, 1.82) is 0 Å². The van der Waals surface area contributed by atoms with Crippen LogP contribution in [-0.4, -0.2) is 13.6 Å². The lowest BCUT2D eigenvalue weighted by Crippen LogP contribution is -2.21. The fourth-order valence-electron chi connectivity index (χ4n) is 2.81. The smallest absolute Gasteiger partial charge is 0.0443 e. The molecule has 0 bridgehead atoms. The van der Waals surface area contributed by atoms with Crippen LogP contribution in [0.2, 0.25) is 0 Å². The van der Waals surface area contributed by atoms with E-state index in [0.717, 1.165) is 6.54 Å². The average Bonchev–Trinajstić information content (AvgIpc) is 2.48. The van der Waals surface area contributed by atoms with Crippen molar-refractivity contribution in [3.8, 4) is 11.1 Å². The van der Waals surface area contributed by atoms with E-state index < -0.39 is 0 Å². The Hall–Kier alpha value is -1.76. The fourth-order valence-corrected chi connectivity index (χ4v) is 2.81. The summed E-state index contributed by atoms with van der Waals surface area (Å²) in [6.07, 6.45) is 0. The number of nitrogens with zero attached hydrogens (tertiary/aromatic N) is 1. The van der Waals surface area contributed by atoms with Crippen molar-refractivity contribution in [1.82, 2.24) is 0 Å². The van der Waals surface area contributed by atoms with Gasteiger partial charge in [0.1, 0.15) is 0 Å². The minimum Gasteiger partial charge on any atom is -0.373 e. The van der Waals surface area contributed by atoms with Gasteiger partial charge < -0.3 is 4.90 Å². The molecule has 2 aromatic carbocycles. The number of fused-ring (bicyclic) bond motifs is 3. The summed E-state index contributed by atoms with van der Waals surface area (Å²) in [5.41, 5.74) is 5.54. The number of benzene rings is 2. The van der Waals surface area contributed by atoms with E-state index in [1.165, 1.54) is 22.4 Å². The normalized spacial score (nSPS) is 18.2. The van der Waals surface area contributed by atoms with E-state index in [0.29, 0.717) is 5.92 Å². The zero-order valence-corrected chi connectivity index (χ0v) is 10.4. The van der Waals surface area contributed by atoms with E-state index in [1.807, 2.05) is 0 Å². The first kappa shape index (κ1) is 10.4. The van der Waals surface area contributed by atoms with Crippen LogP contribution in [0.15, 0.2) is 48.5 Å². The van der Waals surface area contributed by atoms with Crippen molar-refractivity contribution in [2.45, 2.75) is 12.8 Å². The fraction of sp³-hybridized carbons (Fsp3) is 0.250. The third-order valence-electron chi connectivity index (χ3n) is 3.64. The molecule has 1 atom stereocenters. The minimum absolute atomic E-state index is 0.573. The number of rotatable bonds is 0. The van der Waals surface area contributed by atoms with Crippen LogP contribution in [0.5, 0.6) is 0 Å². The summed E-state index contributed by atoms with van der Waals surface area (Å²) in [7, 11) is 2.18. The van der Waals surface area contributed by atoms with Crippen molar-refractivity contribution >= 4 is 5.69 Å². The van der Waals surface area contributed by atoms with Crippen LogP contribution in [0.25, 0.3) is 11.1 Å². The predicted molar refractivity (Wildman–Crippen MR) is 73.6 cm³/mol. The molecule has 0 amide bonds. The molecule has 17 heavy (non-hydrogen) atoms. The van der Waals surface area contributed by atoms with Crippen LogP contribution in [-0.2, 0) is 0 Å². The van der Waals surface area contributed by atoms with Crippen molar-refractivity contribution in [3.63, 3.8) is 0 Å². The van der Waals surface area contributed by atoms with E-state index in [9.17, 15) is 0 Å². The molecule has 1 unspecified atom stereocenters. The molecular formula is C16H17N. The molecule has 0 aromatic heterocycles. The summed E-state index contributed by atoms with van der Waals surface area (Å²) >= 11 is 0. The largest absolute Gasteiger partial charge is 0.373 e. The first-order valence-corrected chi connectivity index (χ1v) is 6.17. The number of likely N-dealkylation sites (N-methyl/N-ethyl adjacent to an activating group) is 1. The zero-order chi connectivity index (χ0) is 11.8. The molecular weight excluding hydrogens is 206 g/mol. The van der Waals surface area contributed by atoms with Crippen LogP contribution in [0, 0.1) is 0 Å². The van der Waals surface area contributed by atoms with Gasteiger partial charge in [-0.05, 0) is 23.1 Å². The second-order valence-electron chi connectivity index (χ2n) is 4.89. The van der Waals surface area contributed by atoms with E-state index in [4.69, 9.17) is 0 Å². The second kappa shape index (κ2) is 3.92. The highest BCUT2D eigenvalue weighted by atomic mass is 15.1. The summed E-state index contributed by atoms with van der Waals surface area (Å²) in [6.45, 7) is 3.38. The molecule has 0 N–H and O–H groups in total. The summed E-state index contributed by atoms with van der Waals surface area (Å²) in [4.78, 5) is 2.36. The van der Waals surface area contributed by atoms with Gasteiger partial charge in [-0.3, -0.25) is 0 Å². The van der Waals surface area contributed by atoms with Crippen molar-refractivity contribution in [2.24, 2.45) is 0 Å². The van der Waals surface area contributed by atoms with Crippen LogP contribution in [0.1, 0.15) is 18.4 Å². The molecule has 0 saturated heterocycles. The lowest BCUT2D eigenvalue weighted by molar-refractivity contribution is 0.743. The van der Waals surface area contributed by atoms with Crippen molar-refractivity contribution in [2.75, 3.05) is 18.5 Å². The molecule has 1 aliphatic heterocycles. The summed E-state index contributed by atoms with van der Waals surface area (Å²) in [5.74, 6) is 0.573. The summed E-state index contributed by atoms with van der Waals surface area (Å²) in [5, 5.41) is 0. The van der Waals surface area contributed by atoms with Gasteiger partial charge in [0.15, 0.2) is 0 Å². The van der Waals surface area contributed by atoms with Gasteiger partial charge in [-0.1, -0.05) is 49.4 Å². The molecule has 0 saturated carbocycles. The van der Waals surface area contributed by atoms with Crippen LogP contribution >= 0.6 is 0 Å². The van der Waals surface area contributed by atoms with E-state index in [1.54, 1.807) is 0 Å². The van der Waals surface area contributed by atoms with Gasteiger partial charge in [0.05, 0.1) is 0 Å². The Kier molecular flexibility index (Phi) is 2.40. The molecule has 1 nitrogen and oxygen atoms in total. The predicted octanol–water partition coefficient (Wildman–Crippen LogP) is 3.91. The Morgan fingerprint density at radius 3 is 2.41 bits per heavy atom. The Bertz CT molecular complexity index is 495. The van der Waals surface area contributed by atoms with Gasteiger partial charge in [0.2, 0.25) is 0 Å². The highest BCUT2D eigenvalue weighted by molar-refractivity contribution is 5.82. The minimum atomic E-state index is 0.573. The lowest BCUT2D eigenvalue weighted by Gasteiger charge is -2.21. The van der Waals surface area contributed by atoms with E-state index in [2.05, 4.69) is 67.4 Å². The molecule has 3 rings (SSSR count). The van der Waals surface area contributed by atoms with Crippen molar-refractivity contribution in [3.05, 3.63) is 54.1 Å². The molecule has 0 radical (unpaired) electrons. The van der Waals surface area contributed by atoms with Gasteiger partial charge in [0, 0.05) is 24.8 Å². The highest BCUT2D eigenvalue weighted by Crippen LogP contribution is 2.39. The maximum atomic E-state index is 2.36. The van der Waals surface area contributed by atoms with Crippen LogP contribution in [0.3, 0.4) is 0 Å². The number of hydrogen-bond acceptors (Lipinski definition) is 1. The van der Waals surface area contributed by atoms with Gasteiger partial charge in [0.25, 0.3) is 0 Å². The lowest BCUT2D eigenvalue weighted by atomic mass is 9.93. The molecule has 1 heterocycles. The number of anilines is 1. The Morgan fingerprint density at radius 1 is 0.941 bits per heavy atom. The van der Waals surface area contributed by atoms with Crippen molar-refractivity contribution < 1.29 is 0 Å². The maximum Gasteiger partial charge on any atom is 0.0443 e. The summed E-state index contributed by atoms with van der Waals surface area (Å²) < 4.78 is 0. The Balaban J connectivity index is 2.30. The second-order valence-corrected chi connectivity index (χ2v) is 4.89. The monoisotopic (exact) mass is 223 g/mol. The topological polar surface area (TPSA) is 3.24 Å². The molecule has 1 heteroatoms. The quantitative estimate of drug-likeness (QED) is 0.654. The molecule has 0 spiro atoms. The third-order valence-corrected chi connectivity index (χ3v) is 3.64. The molecule has 1 aliphatic rings. The van der Waals surface area contributed by atoms with Gasteiger partial charge in [-0.2, -0.15) is 0 Å². The maximum absolute atomic E-state index is 2.36. The van der Waals surface area contributed by atoms with Crippen LogP contribution in [0.4, 0.5) is 5.69 Å². The van der Waals surface area contributed by atoms with Gasteiger partial charge >= 0.3 is 0 Å². The zero-order valence-electron chi connectivity index (χ0n) is 10.4. The number of hydrogen-bond donors (Lipinski definition) is 0. The molecule has 0 aliphatic carbocycles. The van der Waals surface area contributed by atoms with E-state index >= 15 is 0 Å². The Labute approximate surface area is 103 Å². The first-order chi connectivity index (χ1) is 8.27. The standard InChI is InChI=1S/C16H17N/c1-12-11-17(2)16-10-6-5-9-15(16)14-8-4-3-7-13(12)14/h3-10,12H,11H2,1-2H3. The first-order valence-electron chi connectivity index (χ1n) is 6.17. The summed E-state index contributed by atoms with van der Waals surface area (Å²) in [6, 6.07) is 17.5. The Morgan fingerprint density at radius 2 is 1.59 bits per heavy atom. The van der Waals surface area contributed by atoms with Crippen LogP contribution < -0.4 is 4.90 Å². The molecule has 2 aromatic rings. The van der Waals surface area contributed by atoms with Gasteiger partial charge in [-0.25, -0.2) is 0 Å². The highest BCUT2D eigenvalue weighted by Gasteiger charge is 2.21. The average molecular weight is 223 g/mol. The molecule has 86 valence electrons. The molecule has 0 fully saturated rings. The van der Waals surface area contributed by atoms with E-state index in [-0.39, 0.29) is 0 Å². The third kappa shape index (κ3) is 1.62.